The second-order valence-electron chi connectivity index (χ2n) is 5.61. The molecule has 128 valence electrons. The third-order valence-electron chi connectivity index (χ3n) is 3.82. The zero-order valence-corrected chi connectivity index (χ0v) is 13.7. The summed E-state index contributed by atoms with van der Waals surface area (Å²) in [7, 11) is 0. The summed E-state index contributed by atoms with van der Waals surface area (Å²) in [5, 5.41) is 6.81. The van der Waals surface area contributed by atoms with E-state index in [0.717, 1.165) is 29.5 Å². The van der Waals surface area contributed by atoms with Crippen molar-refractivity contribution in [1.82, 2.24) is 9.78 Å². The van der Waals surface area contributed by atoms with Crippen LogP contribution >= 0.6 is 0 Å². The summed E-state index contributed by atoms with van der Waals surface area (Å²) in [6.45, 7) is 2.48. The molecule has 0 unspecified atom stereocenters. The number of nitrogens with one attached hydrogen (secondary N) is 1. The summed E-state index contributed by atoms with van der Waals surface area (Å²) in [6, 6.07) is 12.7. The van der Waals surface area contributed by atoms with Gasteiger partial charge in [-0.25, -0.2) is 8.78 Å². The molecule has 25 heavy (non-hydrogen) atoms. The minimum atomic E-state index is -0.745. The molecule has 0 radical (unpaired) electrons. The van der Waals surface area contributed by atoms with Crippen LogP contribution in [0.4, 0.5) is 14.5 Å². The number of carbonyl (C=O) groups is 1. The van der Waals surface area contributed by atoms with E-state index in [2.05, 4.69) is 10.4 Å². The summed E-state index contributed by atoms with van der Waals surface area (Å²) >= 11 is 0. The number of nitrogens with zero attached hydrogens (tertiary/aromatic N) is 2. The average molecular weight is 341 g/mol. The van der Waals surface area contributed by atoms with Crippen molar-refractivity contribution in [2.75, 3.05) is 5.32 Å². The standard InChI is InChI=1S/C19H17F2N3O/c1-2-18-17(11-22-24(18)12-13-6-4-3-5-7-13)19(25)23-16-9-14(20)8-15(21)10-16/h3-11H,2,12H2,1H3,(H,23,25). The van der Waals surface area contributed by atoms with Gasteiger partial charge in [-0.05, 0) is 24.1 Å². The molecule has 4 nitrogen and oxygen atoms in total. The van der Waals surface area contributed by atoms with Crippen LogP contribution in [0.3, 0.4) is 0 Å². The number of rotatable bonds is 5. The first-order valence-corrected chi connectivity index (χ1v) is 7.93. The molecule has 2 aromatic carbocycles. The Morgan fingerprint density at radius 2 is 1.80 bits per heavy atom. The predicted molar refractivity (Wildman–Crippen MR) is 91.5 cm³/mol. The van der Waals surface area contributed by atoms with Crippen molar-refractivity contribution in [3.8, 4) is 0 Å². The van der Waals surface area contributed by atoms with Crippen molar-refractivity contribution >= 4 is 11.6 Å². The zero-order chi connectivity index (χ0) is 17.8. The van der Waals surface area contributed by atoms with Crippen LogP contribution in [-0.4, -0.2) is 15.7 Å². The van der Waals surface area contributed by atoms with Gasteiger partial charge >= 0.3 is 0 Å². The maximum Gasteiger partial charge on any atom is 0.259 e. The van der Waals surface area contributed by atoms with Gasteiger partial charge in [0.2, 0.25) is 0 Å². The van der Waals surface area contributed by atoms with Crippen LogP contribution < -0.4 is 5.32 Å². The highest BCUT2D eigenvalue weighted by molar-refractivity contribution is 6.04. The summed E-state index contributed by atoms with van der Waals surface area (Å²) in [5.74, 6) is -1.93. The van der Waals surface area contributed by atoms with Crippen LogP contribution in [-0.2, 0) is 13.0 Å². The summed E-state index contributed by atoms with van der Waals surface area (Å²) in [4.78, 5) is 12.5. The van der Waals surface area contributed by atoms with Crippen LogP contribution in [0.2, 0.25) is 0 Å². The van der Waals surface area contributed by atoms with E-state index in [1.807, 2.05) is 37.3 Å². The lowest BCUT2D eigenvalue weighted by molar-refractivity contribution is 0.102. The van der Waals surface area contributed by atoms with Crippen LogP contribution in [0.25, 0.3) is 0 Å². The Kier molecular flexibility index (Phi) is 4.88. The third kappa shape index (κ3) is 3.91. The number of aromatic nitrogens is 2. The molecule has 0 fully saturated rings. The first-order valence-electron chi connectivity index (χ1n) is 7.93. The molecule has 1 amide bonds. The van der Waals surface area contributed by atoms with Gasteiger partial charge in [-0.3, -0.25) is 9.48 Å². The highest BCUT2D eigenvalue weighted by atomic mass is 19.1. The molecule has 1 N–H and O–H groups in total. The molecule has 0 saturated heterocycles. The van der Waals surface area contributed by atoms with Crippen molar-refractivity contribution in [3.63, 3.8) is 0 Å². The minimum absolute atomic E-state index is 0.0698. The third-order valence-corrected chi connectivity index (χ3v) is 3.82. The molecule has 0 aliphatic heterocycles. The maximum absolute atomic E-state index is 13.3. The number of hydrogen-bond acceptors (Lipinski definition) is 2. The smallest absolute Gasteiger partial charge is 0.259 e. The van der Waals surface area contributed by atoms with Crippen molar-refractivity contribution in [2.45, 2.75) is 19.9 Å². The van der Waals surface area contributed by atoms with Crippen LogP contribution in [0.1, 0.15) is 28.5 Å². The van der Waals surface area contributed by atoms with E-state index in [1.54, 1.807) is 4.68 Å². The molecule has 0 aliphatic carbocycles. The Bertz CT molecular complexity index is 871. The van der Waals surface area contributed by atoms with Crippen LogP contribution in [0, 0.1) is 11.6 Å². The van der Waals surface area contributed by atoms with Gasteiger partial charge in [-0.1, -0.05) is 37.3 Å². The Morgan fingerprint density at radius 1 is 1.12 bits per heavy atom. The van der Waals surface area contributed by atoms with E-state index in [-0.39, 0.29) is 5.69 Å². The Morgan fingerprint density at radius 3 is 2.44 bits per heavy atom. The fourth-order valence-corrected chi connectivity index (χ4v) is 2.69. The van der Waals surface area contributed by atoms with Gasteiger partial charge in [0, 0.05) is 11.8 Å². The largest absolute Gasteiger partial charge is 0.322 e. The van der Waals surface area contributed by atoms with Gasteiger partial charge in [-0.2, -0.15) is 5.10 Å². The quantitative estimate of drug-likeness (QED) is 0.762. The lowest BCUT2D eigenvalue weighted by Gasteiger charge is -2.09. The van der Waals surface area contributed by atoms with Crippen LogP contribution in [0.15, 0.2) is 54.7 Å². The normalized spacial score (nSPS) is 10.7. The van der Waals surface area contributed by atoms with E-state index >= 15 is 0 Å². The Labute approximate surface area is 144 Å². The fraction of sp³-hybridized carbons (Fsp3) is 0.158. The highest BCUT2D eigenvalue weighted by Gasteiger charge is 2.17. The number of hydrogen-bond donors (Lipinski definition) is 1. The average Bonchev–Trinajstić information content (AvgIpc) is 2.97. The van der Waals surface area contributed by atoms with Crippen molar-refractivity contribution < 1.29 is 13.6 Å². The molecule has 6 heteroatoms. The molecule has 0 spiro atoms. The monoisotopic (exact) mass is 341 g/mol. The molecule has 3 aromatic rings. The van der Waals surface area contributed by atoms with Gasteiger partial charge < -0.3 is 5.32 Å². The first-order chi connectivity index (χ1) is 12.1. The molecule has 1 heterocycles. The molecule has 0 saturated carbocycles. The molecule has 1 aromatic heterocycles. The van der Waals surface area contributed by atoms with Crippen molar-refractivity contribution in [3.05, 3.63) is 83.2 Å². The maximum atomic E-state index is 13.3. The van der Waals surface area contributed by atoms with E-state index in [1.165, 1.54) is 6.20 Å². The molecular formula is C19H17F2N3O. The molecule has 0 bridgehead atoms. The zero-order valence-electron chi connectivity index (χ0n) is 13.7. The van der Waals surface area contributed by atoms with Crippen LogP contribution in [0.5, 0.6) is 0 Å². The Hall–Kier alpha value is -3.02. The van der Waals surface area contributed by atoms with Gasteiger partial charge in [0.25, 0.3) is 5.91 Å². The second kappa shape index (κ2) is 7.25. The lowest BCUT2D eigenvalue weighted by atomic mass is 10.1. The number of anilines is 1. The summed E-state index contributed by atoms with van der Waals surface area (Å²) < 4.78 is 28.3. The predicted octanol–water partition coefficient (Wildman–Crippen LogP) is 4.02. The highest BCUT2D eigenvalue weighted by Crippen LogP contribution is 2.17. The lowest BCUT2D eigenvalue weighted by Crippen LogP contribution is -2.15. The molecule has 0 atom stereocenters. The van der Waals surface area contributed by atoms with Gasteiger partial charge in [-0.15, -0.1) is 0 Å². The molecule has 3 rings (SSSR count). The second-order valence-corrected chi connectivity index (χ2v) is 5.61. The first kappa shape index (κ1) is 16.8. The topological polar surface area (TPSA) is 46.9 Å². The molecular weight excluding hydrogens is 324 g/mol. The van der Waals surface area contributed by atoms with E-state index < -0.39 is 17.5 Å². The van der Waals surface area contributed by atoms with E-state index in [9.17, 15) is 13.6 Å². The van der Waals surface area contributed by atoms with Crippen molar-refractivity contribution in [2.24, 2.45) is 0 Å². The number of benzene rings is 2. The fourth-order valence-electron chi connectivity index (χ4n) is 2.69. The SMILES string of the molecule is CCc1c(C(=O)Nc2cc(F)cc(F)c2)cnn1Cc1ccccc1. The minimum Gasteiger partial charge on any atom is -0.322 e. The van der Waals surface area contributed by atoms with Crippen molar-refractivity contribution in [1.29, 1.82) is 0 Å². The number of halogens is 2. The van der Waals surface area contributed by atoms with E-state index in [4.69, 9.17) is 0 Å². The number of amides is 1. The Balaban J connectivity index is 1.83. The summed E-state index contributed by atoms with van der Waals surface area (Å²) in [6.07, 6.45) is 2.08. The van der Waals surface area contributed by atoms with Gasteiger partial charge in [0.15, 0.2) is 0 Å². The van der Waals surface area contributed by atoms with Gasteiger partial charge in [0.05, 0.1) is 24.0 Å². The number of carbonyl (C=O) groups excluding carboxylic acids is 1. The van der Waals surface area contributed by atoms with E-state index in [0.29, 0.717) is 18.5 Å². The summed E-state index contributed by atoms with van der Waals surface area (Å²) in [5.41, 5.74) is 2.29. The van der Waals surface area contributed by atoms with Gasteiger partial charge in [0.1, 0.15) is 11.6 Å². The molecule has 0 aliphatic rings.